The summed E-state index contributed by atoms with van der Waals surface area (Å²) in [5.74, 6) is 0. The lowest BCUT2D eigenvalue weighted by atomic mass is 9.73. The van der Waals surface area contributed by atoms with Gasteiger partial charge in [-0.15, -0.1) is 0 Å². The summed E-state index contributed by atoms with van der Waals surface area (Å²) in [5, 5.41) is 0. The molecule has 0 aliphatic carbocycles. The number of rotatable bonds is 2. The molecule has 2 fully saturated rings. The van der Waals surface area contributed by atoms with Crippen LogP contribution in [-0.2, 0) is 11.3 Å². The first kappa shape index (κ1) is 16.3. The van der Waals surface area contributed by atoms with Crippen molar-refractivity contribution >= 4 is 6.09 Å². The van der Waals surface area contributed by atoms with Gasteiger partial charge in [-0.05, 0) is 39.2 Å². The van der Waals surface area contributed by atoms with Gasteiger partial charge >= 0.3 is 6.09 Å². The zero-order chi connectivity index (χ0) is 16.5. The van der Waals surface area contributed by atoms with Crippen LogP contribution in [0.5, 0.6) is 0 Å². The van der Waals surface area contributed by atoms with E-state index in [2.05, 4.69) is 35.2 Å². The van der Waals surface area contributed by atoms with Crippen LogP contribution >= 0.6 is 0 Å². The van der Waals surface area contributed by atoms with Gasteiger partial charge in [0, 0.05) is 38.1 Å². The number of piperidine rings is 1. The summed E-state index contributed by atoms with van der Waals surface area (Å²) in [5.41, 5.74) is 1.23. The maximum atomic E-state index is 12.3. The number of amides is 1. The number of ether oxygens (including phenoxy) is 1. The largest absolute Gasteiger partial charge is 0.444 e. The second-order valence-corrected chi connectivity index (χ2v) is 8.14. The molecule has 2 aliphatic rings. The van der Waals surface area contributed by atoms with Crippen LogP contribution in [0.1, 0.15) is 39.2 Å². The Morgan fingerprint density at radius 2 is 1.87 bits per heavy atom. The zero-order valence-electron chi connectivity index (χ0n) is 14.5. The molecule has 1 aromatic carbocycles. The molecule has 2 aliphatic heterocycles. The second-order valence-electron chi connectivity index (χ2n) is 8.14. The summed E-state index contributed by atoms with van der Waals surface area (Å²) in [4.78, 5) is 16.7. The van der Waals surface area contributed by atoms with Crippen LogP contribution in [0.15, 0.2) is 30.3 Å². The Kier molecular flexibility index (Phi) is 4.37. The van der Waals surface area contributed by atoms with Crippen molar-refractivity contribution in [2.45, 2.75) is 45.8 Å². The Bertz CT molecular complexity index is 544. The second kappa shape index (κ2) is 6.16. The van der Waals surface area contributed by atoms with Gasteiger partial charge in [-0.2, -0.15) is 0 Å². The van der Waals surface area contributed by atoms with Crippen LogP contribution in [-0.4, -0.2) is 47.7 Å². The van der Waals surface area contributed by atoms with E-state index in [1.54, 1.807) is 0 Å². The molecule has 23 heavy (non-hydrogen) atoms. The molecule has 0 bridgehead atoms. The van der Waals surface area contributed by atoms with E-state index in [0.29, 0.717) is 0 Å². The number of carbonyl (C=O) groups excluding carboxylic acids is 1. The fourth-order valence-corrected chi connectivity index (χ4v) is 3.80. The first-order chi connectivity index (χ1) is 10.9. The van der Waals surface area contributed by atoms with Gasteiger partial charge in [-0.1, -0.05) is 30.3 Å². The van der Waals surface area contributed by atoms with Crippen molar-refractivity contribution in [3.63, 3.8) is 0 Å². The summed E-state index contributed by atoms with van der Waals surface area (Å²) < 4.78 is 5.53. The number of hydrogen-bond donors (Lipinski definition) is 0. The van der Waals surface area contributed by atoms with Crippen molar-refractivity contribution in [2.24, 2.45) is 5.41 Å². The third-order valence-corrected chi connectivity index (χ3v) is 4.68. The van der Waals surface area contributed by atoms with Crippen LogP contribution in [0.25, 0.3) is 0 Å². The molecule has 1 aromatic rings. The molecule has 4 heteroatoms. The maximum Gasteiger partial charge on any atom is 0.410 e. The Hall–Kier alpha value is -1.55. The van der Waals surface area contributed by atoms with Gasteiger partial charge in [0.1, 0.15) is 5.60 Å². The Labute approximate surface area is 139 Å². The molecule has 126 valence electrons. The van der Waals surface area contributed by atoms with Gasteiger partial charge < -0.3 is 9.64 Å². The summed E-state index contributed by atoms with van der Waals surface area (Å²) >= 11 is 0. The van der Waals surface area contributed by atoms with E-state index in [4.69, 9.17) is 4.74 Å². The Morgan fingerprint density at radius 3 is 2.52 bits per heavy atom. The number of likely N-dealkylation sites (tertiary alicyclic amines) is 2. The van der Waals surface area contributed by atoms with Crippen LogP contribution in [0.4, 0.5) is 4.79 Å². The molecule has 4 nitrogen and oxygen atoms in total. The van der Waals surface area contributed by atoms with E-state index in [0.717, 1.165) is 39.1 Å². The van der Waals surface area contributed by atoms with Crippen molar-refractivity contribution in [3.8, 4) is 0 Å². The molecule has 0 aromatic heterocycles. The minimum absolute atomic E-state index is 0.155. The molecule has 1 amide bonds. The number of benzene rings is 1. The van der Waals surface area contributed by atoms with E-state index < -0.39 is 5.60 Å². The predicted molar refractivity (Wildman–Crippen MR) is 91.2 cm³/mol. The van der Waals surface area contributed by atoms with Crippen LogP contribution < -0.4 is 0 Å². The lowest BCUT2D eigenvalue weighted by molar-refractivity contribution is -0.0634. The summed E-state index contributed by atoms with van der Waals surface area (Å²) in [6.07, 6.45) is 2.15. The average molecular weight is 316 g/mol. The van der Waals surface area contributed by atoms with Crippen LogP contribution in [0, 0.1) is 5.41 Å². The molecule has 1 spiro atoms. The molecule has 0 atom stereocenters. The first-order valence-electron chi connectivity index (χ1n) is 8.60. The maximum absolute atomic E-state index is 12.3. The zero-order valence-corrected chi connectivity index (χ0v) is 14.5. The minimum Gasteiger partial charge on any atom is -0.444 e. The average Bonchev–Trinajstić information content (AvgIpc) is 2.45. The monoisotopic (exact) mass is 316 g/mol. The van der Waals surface area contributed by atoms with Gasteiger partial charge in [0.25, 0.3) is 0 Å². The summed E-state index contributed by atoms with van der Waals surface area (Å²) in [6, 6.07) is 10.6. The highest BCUT2D eigenvalue weighted by Gasteiger charge is 2.46. The summed E-state index contributed by atoms with van der Waals surface area (Å²) in [7, 11) is 0. The van der Waals surface area contributed by atoms with Gasteiger partial charge in [-0.3, -0.25) is 4.90 Å². The van der Waals surface area contributed by atoms with Crippen molar-refractivity contribution in [2.75, 3.05) is 26.2 Å². The van der Waals surface area contributed by atoms with E-state index >= 15 is 0 Å². The summed E-state index contributed by atoms with van der Waals surface area (Å²) in [6.45, 7) is 10.6. The third kappa shape index (κ3) is 4.05. The predicted octanol–water partition coefficient (Wildman–Crippen LogP) is 3.52. The minimum atomic E-state index is -0.416. The molecular formula is C19H28N2O2. The lowest BCUT2D eigenvalue weighted by Gasteiger charge is -2.54. The van der Waals surface area contributed by atoms with Gasteiger partial charge in [-0.25, -0.2) is 4.79 Å². The molecule has 0 radical (unpaired) electrons. The van der Waals surface area contributed by atoms with Crippen molar-refractivity contribution in [1.82, 2.24) is 9.80 Å². The highest BCUT2D eigenvalue weighted by molar-refractivity contribution is 5.68. The number of carbonyl (C=O) groups is 1. The molecule has 3 rings (SSSR count). The molecule has 0 N–H and O–H groups in total. The van der Waals surface area contributed by atoms with E-state index in [9.17, 15) is 4.79 Å². The lowest BCUT2D eigenvalue weighted by Crippen LogP contribution is -2.63. The van der Waals surface area contributed by atoms with Gasteiger partial charge in [0.2, 0.25) is 0 Å². The van der Waals surface area contributed by atoms with Gasteiger partial charge in [0.15, 0.2) is 0 Å². The third-order valence-electron chi connectivity index (χ3n) is 4.68. The molecule has 2 saturated heterocycles. The quantitative estimate of drug-likeness (QED) is 0.837. The number of nitrogens with zero attached hydrogens (tertiary/aromatic N) is 2. The standard InChI is InChI=1S/C19H28N2O2/c1-18(2,3)23-17(22)21-11-7-10-19(15-21)13-20(14-19)12-16-8-5-4-6-9-16/h4-6,8-9H,7,10-15H2,1-3H3. The van der Waals surface area contributed by atoms with E-state index in [1.807, 2.05) is 25.7 Å². The Morgan fingerprint density at radius 1 is 1.17 bits per heavy atom. The van der Waals surface area contributed by atoms with Crippen molar-refractivity contribution in [1.29, 1.82) is 0 Å². The highest BCUT2D eigenvalue weighted by Crippen LogP contribution is 2.40. The smallest absolute Gasteiger partial charge is 0.410 e. The topological polar surface area (TPSA) is 32.8 Å². The SMILES string of the molecule is CC(C)(C)OC(=O)N1CCCC2(CN(Cc3ccccc3)C2)C1. The van der Waals surface area contributed by atoms with Crippen molar-refractivity contribution in [3.05, 3.63) is 35.9 Å². The first-order valence-corrected chi connectivity index (χ1v) is 8.60. The fraction of sp³-hybridized carbons (Fsp3) is 0.632. The number of hydrogen-bond acceptors (Lipinski definition) is 3. The molecule has 2 heterocycles. The molecule has 0 unspecified atom stereocenters. The van der Waals surface area contributed by atoms with Crippen LogP contribution in [0.3, 0.4) is 0 Å². The molecule has 0 saturated carbocycles. The van der Waals surface area contributed by atoms with Crippen LogP contribution in [0.2, 0.25) is 0 Å². The Balaban J connectivity index is 1.53. The van der Waals surface area contributed by atoms with E-state index in [-0.39, 0.29) is 11.5 Å². The van der Waals surface area contributed by atoms with E-state index in [1.165, 1.54) is 12.0 Å². The highest BCUT2D eigenvalue weighted by atomic mass is 16.6. The fourth-order valence-electron chi connectivity index (χ4n) is 3.80. The van der Waals surface area contributed by atoms with Gasteiger partial charge in [0.05, 0.1) is 0 Å². The normalized spacial score (nSPS) is 21.1. The molecular weight excluding hydrogens is 288 g/mol. The van der Waals surface area contributed by atoms with Crippen molar-refractivity contribution < 1.29 is 9.53 Å².